The summed E-state index contributed by atoms with van der Waals surface area (Å²) in [5.74, 6) is 0. The van der Waals surface area contributed by atoms with E-state index in [1.54, 1.807) is 19.2 Å². The molecule has 0 aromatic heterocycles. The van der Waals surface area contributed by atoms with Gasteiger partial charge < -0.3 is 14.8 Å². The Labute approximate surface area is 130 Å². The molecule has 3 atom stereocenters. The summed E-state index contributed by atoms with van der Waals surface area (Å²) in [6.07, 6.45) is 1.97. The van der Waals surface area contributed by atoms with Gasteiger partial charge in [-0.05, 0) is 31.5 Å². The average molecular weight is 334 g/mol. The van der Waals surface area contributed by atoms with Crippen LogP contribution in [-0.4, -0.2) is 46.6 Å². The second-order valence-electron chi connectivity index (χ2n) is 5.09. The zero-order valence-corrected chi connectivity index (χ0v) is 13.9. The third-order valence-corrected chi connectivity index (χ3v) is 5.05. The lowest BCUT2D eigenvalue weighted by atomic mass is 9.85. The topological polar surface area (TPSA) is 64.6 Å². The third-order valence-electron chi connectivity index (χ3n) is 3.61. The van der Waals surface area contributed by atoms with Crippen LogP contribution in [0.15, 0.2) is 23.1 Å². The van der Waals surface area contributed by atoms with Gasteiger partial charge in [-0.25, -0.2) is 8.42 Å². The van der Waals surface area contributed by atoms with Crippen molar-refractivity contribution in [3.05, 3.63) is 23.2 Å². The van der Waals surface area contributed by atoms with Crippen LogP contribution in [0.25, 0.3) is 0 Å². The number of nitrogens with one attached hydrogen (secondary N) is 1. The quantitative estimate of drug-likeness (QED) is 0.865. The van der Waals surface area contributed by atoms with Gasteiger partial charge in [-0.2, -0.15) is 0 Å². The zero-order chi connectivity index (χ0) is 15.6. The SMILES string of the molecule is CCOC1CC(Nc2cc(S(C)(=O)=O)ccc2Cl)C1OC. The van der Waals surface area contributed by atoms with Gasteiger partial charge in [0.1, 0.15) is 6.10 Å². The van der Waals surface area contributed by atoms with Gasteiger partial charge in [0.2, 0.25) is 0 Å². The Morgan fingerprint density at radius 3 is 2.71 bits per heavy atom. The predicted octanol–water partition coefficient (Wildman–Crippen LogP) is 2.35. The van der Waals surface area contributed by atoms with E-state index in [-0.39, 0.29) is 23.1 Å². The summed E-state index contributed by atoms with van der Waals surface area (Å²) in [6, 6.07) is 4.69. The third kappa shape index (κ3) is 3.69. The normalized spacial score (nSPS) is 25.4. The lowest BCUT2D eigenvalue weighted by Crippen LogP contribution is -2.56. The summed E-state index contributed by atoms with van der Waals surface area (Å²) in [5, 5.41) is 3.73. The number of sulfone groups is 1. The molecule has 1 aromatic rings. The van der Waals surface area contributed by atoms with Gasteiger partial charge in [0.25, 0.3) is 0 Å². The molecule has 0 heterocycles. The first-order valence-corrected chi connectivity index (χ1v) is 9.04. The summed E-state index contributed by atoms with van der Waals surface area (Å²) >= 11 is 6.13. The second kappa shape index (κ2) is 6.52. The Kier molecular flexibility index (Phi) is 5.14. The van der Waals surface area contributed by atoms with Gasteiger partial charge >= 0.3 is 0 Å². The molecule has 0 aliphatic heterocycles. The molecular formula is C14H20ClNO4S. The molecule has 1 aliphatic carbocycles. The molecule has 1 N–H and O–H groups in total. The molecule has 7 heteroatoms. The monoisotopic (exact) mass is 333 g/mol. The standard InChI is InChI=1S/C14H20ClNO4S/c1-4-20-13-8-12(14(13)19-2)16-11-7-9(21(3,17)18)5-6-10(11)15/h5-7,12-14,16H,4,8H2,1-3H3. The maximum absolute atomic E-state index is 11.6. The van der Waals surface area contributed by atoms with E-state index in [0.29, 0.717) is 17.3 Å². The highest BCUT2D eigenvalue weighted by atomic mass is 35.5. The summed E-state index contributed by atoms with van der Waals surface area (Å²) < 4.78 is 34.2. The van der Waals surface area contributed by atoms with Gasteiger partial charge in [-0.1, -0.05) is 11.6 Å². The summed E-state index contributed by atoms with van der Waals surface area (Å²) in [6.45, 7) is 2.58. The smallest absolute Gasteiger partial charge is 0.175 e. The molecule has 21 heavy (non-hydrogen) atoms. The van der Waals surface area contributed by atoms with Gasteiger partial charge in [-0.15, -0.1) is 0 Å². The largest absolute Gasteiger partial charge is 0.378 e. The predicted molar refractivity (Wildman–Crippen MR) is 82.8 cm³/mol. The van der Waals surface area contributed by atoms with E-state index in [1.807, 2.05) is 6.92 Å². The van der Waals surface area contributed by atoms with E-state index in [1.165, 1.54) is 12.3 Å². The van der Waals surface area contributed by atoms with Crippen LogP contribution in [-0.2, 0) is 19.3 Å². The number of methoxy groups -OCH3 is 1. The van der Waals surface area contributed by atoms with E-state index in [4.69, 9.17) is 21.1 Å². The molecule has 0 bridgehead atoms. The molecule has 1 fully saturated rings. The van der Waals surface area contributed by atoms with Crippen LogP contribution in [0.3, 0.4) is 0 Å². The number of anilines is 1. The van der Waals surface area contributed by atoms with Crippen molar-refractivity contribution in [2.45, 2.75) is 36.5 Å². The van der Waals surface area contributed by atoms with Crippen molar-refractivity contribution in [1.82, 2.24) is 0 Å². The Balaban J connectivity index is 2.13. The average Bonchev–Trinajstić information content (AvgIpc) is 2.38. The van der Waals surface area contributed by atoms with Crippen LogP contribution < -0.4 is 5.32 Å². The molecule has 0 radical (unpaired) electrons. The van der Waals surface area contributed by atoms with Crippen molar-refractivity contribution in [2.75, 3.05) is 25.3 Å². The van der Waals surface area contributed by atoms with E-state index >= 15 is 0 Å². The van der Waals surface area contributed by atoms with Crippen LogP contribution in [0.2, 0.25) is 5.02 Å². The van der Waals surface area contributed by atoms with Gasteiger partial charge in [0, 0.05) is 20.0 Å². The van der Waals surface area contributed by atoms with Crippen LogP contribution >= 0.6 is 11.6 Å². The first kappa shape index (κ1) is 16.5. The van der Waals surface area contributed by atoms with E-state index in [0.717, 1.165) is 6.42 Å². The van der Waals surface area contributed by atoms with Crippen molar-refractivity contribution in [2.24, 2.45) is 0 Å². The van der Waals surface area contributed by atoms with Crippen molar-refractivity contribution in [3.8, 4) is 0 Å². The molecule has 3 unspecified atom stereocenters. The molecule has 1 aromatic carbocycles. The van der Waals surface area contributed by atoms with Gasteiger partial charge in [0.05, 0.1) is 27.8 Å². The Hall–Kier alpha value is -0.820. The summed E-state index contributed by atoms with van der Waals surface area (Å²) in [5.41, 5.74) is 0.599. The molecule has 2 rings (SSSR count). The number of hydrogen-bond acceptors (Lipinski definition) is 5. The maximum atomic E-state index is 11.6. The number of rotatable bonds is 6. The molecule has 1 aliphatic rings. The molecule has 0 spiro atoms. The molecular weight excluding hydrogens is 314 g/mol. The van der Waals surface area contributed by atoms with Crippen molar-refractivity contribution in [1.29, 1.82) is 0 Å². The number of ether oxygens (including phenoxy) is 2. The van der Waals surface area contributed by atoms with Crippen LogP contribution in [0.4, 0.5) is 5.69 Å². The highest BCUT2D eigenvalue weighted by molar-refractivity contribution is 7.90. The first-order chi connectivity index (χ1) is 9.86. The molecule has 1 saturated carbocycles. The maximum Gasteiger partial charge on any atom is 0.175 e. The fourth-order valence-corrected chi connectivity index (χ4v) is 3.28. The fraction of sp³-hybridized carbons (Fsp3) is 0.571. The number of hydrogen-bond donors (Lipinski definition) is 1. The minimum atomic E-state index is -3.26. The van der Waals surface area contributed by atoms with Crippen LogP contribution in [0.1, 0.15) is 13.3 Å². The fourth-order valence-electron chi connectivity index (χ4n) is 2.46. The Bertz CT molecular complexity index is 605. The lowest BCUT2D eigenvalue weighted by Gasteiger charge is -2.43. The van der Waals surface area contributed by atoms with Gasteiger partial charge in [-0.3, -0.25) is 0 Å². The highest BCUT2D eigenvalue weighted by Crippen LogP contribution is 2.33. The van der Waals surface area contributed by atoms with Gasteiger partial charge in [0.15, 0.2) is 9.84 Å². The number of benzene rings is 1. The second-order valence-corrected chi connectivity index (χ2v) is 7.52. The molecule has 0 amide bonds. The van der Waals surface area contributed by atoms with Crippen molar-refractivity contribution in [3.63, 3.8) is 0 Å². The Morgan fingerprint density at radius 1 is 1.43 bits per heavy atom. The molecule has 0 saturated heterocycles. The van der Waals surface area contributed by atoms with Crippen LogP contribution in [0, 0.1) is 0 Å². The molecule has 118 valence electrons. The number of halogens is 1. The van der Waals surface area contributed by atoms with Crippen molar-refractivity contribution < 1.29 is 17.9 Å². The lowest BCUT2D eigenvalue weighted by molar-refractivity contribution is -0.118. The first-order valence-electron chi connectivity index (χ1n) is 6.77. The molecule has 5 nitrogen and oxygen atoms in total. The summed E-state index contributed by atoms with van der Waals surface area (Å²) in [4.78, 5) is 0.240. The summed E-state index contributed by atoms with van der Waals surface area (Å²) in [7, 11) is -1.62. The highest BCUT2D eigenvalue weighted by Gasteiger charge is 2.42. The van der Waals surface area contributed by atoms with E-state index < -0.39 is 9.84 Å². The van der Waals surface area contributed by atoms with Crippen LogP contribution in [0.5, 0.6) is 0 Å². The van der Waals surface area contributed by atoms with E-state index in [9.17, 15) is 8.42 Å². The minimum Gasteiger partial charge on any atom is -0.378 e. The van der Waals surface area contributed by atoms with E-state index in [2.05, 4.69) is 5.32 Å². The van der Waals surface area contributed by atoms with Crippen molar-refractivity contribution >= 4 is 27.1 Å². The Morgan fingerprint density at radius 2 is 2.14 bits per heavy atom. The minimum absolute atomic E-state index is 0.0545. The zero-order valence-electron chi connectivity index (χ0n) is 12.3.